The molecule has 26 heavy (non-hydrogen) atoms. The maximum absolute atomic E-state index is 12.4. The molecule has 0 bridgehead atoms. The number of nitrogens with one attached hydrogen (secondary N) is 1. The largest absolute Gasteiger partial charge is 0.333 e. The van der Waals surface area contributed by atoms with E-state index in [1.807, 2.05) is 60.7 Å². The SMILES string of the molecule is O=C(CSc1ncc(-c2ccccc2)[nH]1)N1CCC(c2ccccc2)=N1. The van der Waals surface area contributed by atoms with Crippen LogP contribution in [-0.2, 0) is 4.79 Å². The lowest BCUT2D eigenvalue weighted by molar-refractivity contribution is -0.127. The zero-order valence-corrected chi connectivity index (χ0v) is 14.9. The number of aromatic amines is 1. The Morgan fingerprint density at radius 1 is 1.04 bits per heavy atom. The van der Waals surface area contributed by atoms with E-state index in [0.717, 1.165) is 34.1 Å². The smallest absolute Gasteiger partial charge is 0.253 e. The number of carbonyl (C=O) groups excluding carboxylic acids is 1. The molecule has 3 aromatic rings. The molecule has 0 aliphatic carbocycles. The molecule has 130 valence electrons. The van der Waals surface area contributed by atoms with Gasteiger partial charge in [-0.05, 0) is 11.1 Å². The summed E-state index contributed by atoms with van der Waals surface area (Å²) in [5.41, 5.74) is 4.07. The lowest BCUT2D eigenvalue weighted by atomic mass is 10.1. The summed E-state index contributed by atoms with van der Waals surface area (Å²) in [6.07, 6.45) is 2.59. The van der Waals surface area contributed by atoms with Crippen molar-refractivity contribution >= 4 is 23.4 Å². The Hall–Kier alpha value is -2.86. The van der Waals surface area contributed by atoms with Gasteiger partial charge in [0, 0.05) is 6.42 Å². The van der Waals surface area contributed by atoms with E-state index < -0.39 is 0 Å². The monoisotopic (exact) mass is 362 g/mol. The Balaban J connectivity index is 1.36. The number of hydrazone groups is 1. The summed E-state index contributed by atoms with van der Waals surface area (Å²) in [6.45, 7) is 0.636. The highest BCUT2D eigenvalue weighted by Crippen LogP contribution is 2.22. The third-order valence-corrected chi connectivity index (χ3v) is 5.04. The quantitative estimate of drug-likeness (QED) is 0.702. The zero-order chi connectivity index (χ0) is 17.8. The van der Waals surface area contributed by atoms with E-state index in [0.29, 0.717) is 12.3 Å². The number of aromatic nitrogens is 2. The van der Waals surface area contributed by atoms with Gasteiger partial charge in [-0.1, -0.05) is 72.4 Å². The Labute approximate surface area is 156 Å². The highest BCUT2D eigenvalue weighted by molar-refractivity contribution is 7.99. The van der Waals surface area contributed by atoms with Gasteiger partial charge >= 0.3 is 0 Å². The molecule has 0 fully saturated rings. The molecule has 6 heteroatoms. The second kappa shape index (κ2) is 7.58. The maximum atomic E-state index is 12.4. The molecule has 0 saturated heterocycles. The molecule has 0 radical (unpaired) electrons. The number of imidazole rings is 1. The van der Waals surface area contributed by atoms with Gasteiger partial charge in [0.15, 0.2) is 5.16 Å². The first-order valence-electron chi connectivity index (χ1n) is 8.46. The molecular weight excluding hydrogens is 344 g/mol. The minimum Gasteiger partial charge on any atom is -0.333 e. The van der Waals surface area contributed by atoms with E-state index in [1.54, 1.807) is 11.2 Å². The Bertz CT molecular complexity index is 921. The molecule has 1 aromatic heterocycles. The number of hydrogen-bond donors (Lipinski definition) is 1. The molecule has 0 atom stereocenters. The molecule has 2 aromatic carbocycles. The zero-order valence-electron chi connectivity index (χ0n) is 14.1. The molecule has 0 saturated carbocycles. The summed E-state index contributed by atoms with van der Waals surface area (Å²) in [4.78, 5) is 20.0. The summed E-state index contributed by atoms with van der Waals surface area (Å²) >= 11 is 1.40. The molecule has 1 amide bonds. The molecule has 4 rings (SSSR count). The second-order valence-corrected chi connectivity index (χ2v) is 6.90. The number of hydrogen-bond acceptors (Lipinski definition) is 4. The molecule has 0 spiro atoms. The van der Waals surface area contributed by atoms with Crippen LogP contribution < -0.4 is 0 Å². The van der Waals surface area contributed by atoms with Crippen LogP contribution in [0.2, 0.25) is 0 Å². The molecular formula is C20H18N4OS. The van der Waals surface area contributed by atoms with Crippen LogP contribution in [0.1, 0.15) is 12.0 Å². The number of carbonyl (C=O) groups is 1. The van der Waals surface area contributed by atoms with Gasteiger partial charge < -0.3 is 4.98 Å². The maximum Gasteiger partial charge on any atom is 0.253 e. The van der Waals surface area contributed by atoms with Crippen LogP contribution >= 0.6 is 11.8 Å². The van der Waals surface area contributed by atoms with Crippen LogP contribution in [0.25, 0.3) is 11.3 Å². The lowest BCUT2D eigenvalue weighted by Gasteiger charge is -2.10. The summed E-state index contributed by atoms with van der Waals surface area (Å²) in [5, 5.41) is 6.79. The normalized spacial score (nSPS) is 13.7. The summed E-state index contributed by atoms with van der Waals surface area (Å²) in [6, 6.07) is 20.0. The van der Waals surface area contributed by atoms with Gasteiger partial charge in [0.05, 0.1) is 29.9 Å². The first-order chi connectivity index (χ1) is 12.8. The average Bonchev–Trinajstić information content (AvgIpc) is 3.37. The predicted octanol–water partition coefficient (Wildman–Crippen LogP) is 3.81. The standard InChI is InChI=1S/C20H18N4OS/c25-19(24-12-11-17(23-24)15-7-3-1-4-8-15)14-26-20-21-13-18(22-20)16-9-5-2-6-10-16/h1-10,13H,11-12,14H2,(H,21,22). The van der Waals surface area contributed by atoms with Gasteiger partial charge in [0.25, 0.3) is 5.91 Å². The van der Waals surface area contributed by atoms with Crippen molar-refractivity contribution in [2.24, 2.45) is 5.10 Å². The van der Waals surface area contributed by atoms with Crippen molar-refractivity contribution < 1.29 is 4.79 Å². The minimum atomic E-state index is -0.00130. The minimum absolute atomic E-state index is 0.00130. The fourth-order valence-corrected chi connectivity index (χ4v) is 3.53. The van der Waals surface area contributed by atoms with Crippen molar-refractivity contribution in [2.75, 3.05) is 12.3 Å². The van der Waals surface area contributed by atoms with Crippen molar-refractivity contribution in [1.29, 1.82) is 0 Å². The number of benzene rings is 2. The lowest BCUT2D eigenvalue weighted by Crippen LogP contribution is -2.25. The first kappa shape index (κ1) is 16.6. The molecule has 1 N–H and O–H groups in total. The average molecular weight is 362 g/mol. The Morgan fingerprint density at radius 3 is 2.46 bits per heavy atom. The predicted molar refractivity (Wildman–Crippen MR) is 104 cm³/mol. The van der Waals surface area contributed by atoms with Crippen LogP contribution in [0.4, 0.5) is 0 Å². The van der Waals surface area contributed by atoms with Crippen LogP contribution in [-0.4, -0.2) is 38.9 Å². The molecule has 1 aliphatic heterocycles. The Kier molecular flexibility index (Phi) is 4.84. The molecule has 1 aliphatic rings. The molecule has 2 heterocycles. The number of amides is 1. The van der Waals surface area contributed by atoms with E-state index in [9.17, 15) is 4.79 Å². The van der Waals surface area contributed by atoms with Gasteiger partial charge in [-0.25, -0.2) is 9.99 Å². The number of rotatable bonds is 5. The highest BCUT2D eigenvalue weighted by Gasteiger charge is 2.21. The fourth-order valence-electron chi connectivity index (χ4n) is 2.82. The van der Waals surface area contributed by atoms with Crippen molar-refractivity contribution in [2.45, 2.75) is 11.6 Å². The van der Waals surface area contributed by atoms with E-state index in [-0.39, 0.29) is 5.91 Å². The van der Waals surface area contributed by atoms with Crippen molar-refractivity contribution in [3.05, 3.63) is 72.4 Å². The summed E-state index contributed by atoms with van der Waals surface area (Å²) < 4.78 is 0. The number of H-pyrrole nitrogens is 1. The molecule has 0 unspecified atom stereocenters. The van der Waals surface area contributed by atoms with Gasteiger partial charge in [-0.2, -0.15) is 5.10 Å². The summed E-state index contributed by atoms with van der Waals surface area (Å²) in [7, 11) is 0. The van der Waals surface area contributed by atoms with E-state index in [2.05, 4.69) is 15.1 Å². The van der Waals surface area contributed by atoms with Gasteiger partial charge in [-0.15, -0.1) is 0 Å². The Morgan fingerprint density at radius 2 is 1.73 bits per heavy atom. The molecule has 5 nitrogen and oxygen atoms in total. The summed E-state index contributed by atoms with van der Waals surface area (Å²) in [5.74, 6) is 0.312. The van der Waals surface area contributed by atoms with Crippen molar-refractivity contribution in [3.8, 4) is 11.3 Å². The van der Waals surface area contributed by atoms with E-state index in [4.69, 9.17) is 0 Å². The first-order valence-corrected chi connectivity index (χ1v) is 9.44. The second-order valence-electron chi connectivity index (χ2n) is 5.94. The van der Waals surface area contributed by atoms with Crippen molar-refractivity contribution in [3.63, 3.8) is 0 Å². The van der Waals surface area contributed by atoms with Crippen LogP contribution in [0.5, 0.6) is 0 Å². The van der Waals surface area contributed by atoms with Crippen LogP contribution in [0, 0.1) is 0 Å². The van der Waals surface area contributed by atoms with Gasteiger partial charge in [0.2, 0.25) is 0 Å². The van der Waals surface area contributed by atoms with E-state index in [1.165, 1.54) is 11.8 Å². The number of nitrogens with zero attached hydrogens (tertiary/aromatic N) is 3. The fraction of sp³-hybridized carbons (Fsp3) is 0.150. The third-order valence-electron chi connectivity index (χ3n) is 4.17. The third kappa shape index (κ3) is 3.70. The van der Waals surface area contributed by atoms with Crippen LogP contribution in [0.3, 0.4) is 0 Å². The highest BCUT2D eigenvalue weighted by atomic mass is 32.2. The van der Waals surface area contributed by atoms with Crippen molar-refractivity contribution in [1.82, 2.24) is 15.0 Å². The topological polar surface area (TPSA) is 61.4 Å². The van der Waals surface area contributed by atoms with E-state index >= 15 is 0 Å². The van der Waals surface area contributed by atoms with Gasteiger partial charge in [-0.3, -0.25) is 4.79 Å². The van der Waals surface area contributed by atoms with Crippen LogP contribution in [0.15, 0.2) is 77.1 Å². The number of thioether (sulfide) groups is 1. The van der Waals surface area contributed by atoms with Gasteiger partial charge in [0.1, 0.15) is 0 Å².